The van der Waals surface area contributed by atoms with E-state index in [4.69, 9.17) is 14.0 Å². The number of hydrogen-bond donors (Lipinski definition) is 2. The van der Waals surface area contributed by atoms with Crippen LogP contribution in [0.2, 0.25) is 0 Å². The Morgan fingerprint density at radius 3 is 2.41 bits per heavy atom. The van der Waals surface area contributed by atoms with E-state index in [9.17, 15) is 19.0 Å². The lowest BCUT2D eigenvalue weighted by Gasteiger charge is -2.19. The van der Waals surface area contributed by atoms with Crippen molar-refractivity contribution in [3.05, 3.63) is 6.92 Å². The van der Waals surface area contributed by atoms with Gasteiger partial charge in [-0.3, -0.25) is 18.6 Å². The molecule has 0 fully saturated rings. The lowest BCUT2D eigenvalue weighted by Crippen LogP contribution is -2.52. The smallest absolute Gasteiger partial charge is 0.462 e. The number of quaternary nitrogens is 1. The molecular weight excluding hydrogens is 377 g/mol. The highest BCUT2D eigenvalue weighted by Gasteiger charge is 2.26. The third-order valence-corrected chi connectivity index (χ3v) is 4.37. The van der Waals surface area contributed by atoms with Gasteiger partial charge in [0.1, 0.15) is 13.2 Å². The zero-order chi connectivity index (χ0) is 20.5. The molecule has 0 aliphatic rings. The molecule has 0 aromatic heterocycles. The van der Waals surface area contributed by atoms with Crippen molar-refractivity contribution in [1.29, 1.82) is 0 Å². The summed E-state index contributed by atoms with van der Waals surface area (Å²) >= 11 is 0. The number of ether oxygens (including phenoxy) is 2. The summed E-state index contributed by atoms with van der Waals surface area (Å²) < 4.78 is 31.5. The van der Waals surface area contributed by atoms with Crippen LogP contribution in [-0.4, -0.2) is 49.3 Å². The van der Waals surface area contributed by atoms with E-state index in [0.717, 1.165) is 25.7 Å². The maximum atomic E-state index is 12.0. The van der Waals surface area contributed by atoms with Crippen molar-refractivity contribution in [2.24, 2.45) is 0 Å². The summed E-state index contributed by atoms with van der Waals surface area (Å²) in [4.78, 5) is 33.0. The second-order valence-electron chi connectivity index (χ2n) is 6.01. The number of phosphoric ester groups is 1. The van der Waals surface area contributed by atoms with Gasteiger partial charge in [-0.15, -0.1) is 0 Å². The van der Waals surface area contributed by atoms with E-state index in [1.807, 2.05) is 6.92 Å². The SMILES string of the molecule is [CH2-]CCCCCCC(=O)O[C@H](COC(=O)CCC)COP(=O)(O)OCC[NH3+]. The summed E-state index contributed by atoms with van der Waals surface area (Å²) in [5, 5.41) is 0. The van der Waals surface area contributed by atoms with Crippen LogP contribution < -0.4 is 5.73 Å². The molecule has 4 N–H and O–H groups in total. The molecule has 27 heavy (non-hydrogen) atoms. The normalized spacial score (nSPS) is 14.4. The van der Waals surface area contributed by atoms with Crippen LogP contribution in [0.25, 0.3) is 0 Å². The van der Waals surface area contributed by atoms with Gasteiger partial charge in [0, 0.05) is 12.8 Å². The molecule has 0 heterocycles. The standard InChI is InChI=1S/C17H33NO8P/c1-3-5-6-7-8-10-17(20)26-15(13-23-16(19)9-4-2)14-25-27(21,22)24-12-11-18/h15H,1,3-14,18H2,2H3,(H,21,22)/q-1/p+1/t15-/m1/s1. The number of carbonyl (C=O) groups excluding carboxylic acids is 2. The van der Waals surface area contributed by atoms with E-state index >= 15 is 0 Å². The first-order chi connectivity index (χ1) is 12.8. The quantitative estimate of drug-likeness (QED) is 0.160. The number of phosphoric acid groups is 1. The van der Waals surface area contributed by atoms with Gasteiger partial charge < -0.3 is 27.0 Å². The van der Waals surface area contributed by atoms with E-state index in [-0.39, 0.29) is 26.1 Å². The van der Waals surface area contributed by atoms with Gasteiger partial charge in [0.05, 0.1) is 13.2 Å². The molecule has 0 saturated heterocycles. The average Bonchev–Trinajstić information content (AvgIpc) is 2.62. The second kappa shape index (κ2) is 16.0. The number of rotatable bonds is 17. The highest BCUT2D eigenvalue weighted by molar-refractivity contribution is 7.47. The minimum atomic E-state index is -4.28. The third kappa shape index (κ3) is 15.7. The molecule has 0 aliphatic heterocycles. The van der Waals surface area contributed by atoms with E-state index in [0.29, 0.717) is 19.4 Å². The molecule has 10 heteroatoms. The molecule has 2 atom stereocenters. The van der Waals surface area contributed by atoms with Gasteiger partial charge >= 0.3 is 19.8 Å². The van der Waals surface area contributed by atoms with Crippen LogP contribution >= 0.6 is 7.82 Å². The molecule has 0 aromatic carbocycles. The molecule has 0 rings (SSSR count). The Balaban J connectivity index is 4.47. The summed E-state index contributed by atoms with van der Waals surface area (Å²) in [5.41, 5.74) is 3.49. The predicted molar refractivity (Wildman–Crippen MR) is 98.3 cm³/mol. The minimum absolute atomic E-state index is 0.0446. The summed E-state index contributed by atoms with van der Waals surface area (Å²) in [6, 6.07) is 0. The molecule has 0 saturated carbocycles. The summed E-state index contributed by atoms with van der Waals surface area (Å²) in [7, 11) is -4.28. The summed E-state index contributed by atoms with van der Waals surface area (Å²) in [6.45, 7) is 5.18. The second-order valence-corrected chi connectivity index (χ2v) is 7.47. The Hall–Kier alpha value is -0.990. The van der Waals surface area contributed by atoms with Crippen molar-refractivity contribution in [2.75, 3.05) is 26.4 Å². The van der Waals surface area contributed by atoms with Crippen LogP contribution in [0.15, 0.2) is 0 Å². The highest BCUT2D eigenvalue weighted by atomic mass is 31.2. The topological polar surface area (TPSA) is 136 Å². The highest BCUT2D eigenvalue weighted by Crippen LogP contribution is 2.42. The van der Waals surface area contributed by atoms with E-state index < -0.39 is 32.5 Å². The number of hydrogen-bond acceptors (Lipinski definition) is 7. The monoisotopic (exact) mass is 411 g/mol. The Morgan fingerprint density at radius 2 is 1.78 bits per heavy atom. The van der Waals surface area contributed by atoms with Gasteiger partial charge in [-0.2, -0.15) is 6.42 Å². The molecule has 0 radical (unpaired) electrons. The van der Waals surface area contributed by atoms with Crippen molar-refractivity contribution in [1.82, 2.24) is 0 Å². The Labute approximate surface area is 161 Å². The largest absolute Gasteiger partial charge is 0.472 e. The summed E-state index contributed by atoms with van der Waals surface area (Å²) in [6.07, 6.45) is 4.52. The maximum Gasteiger partial charge on any atom is 0.472 e. The first-order valence-electron chi connectivity index (χ1n) is 9.40. The molecular formula is C17H34NO8P. The van der Waals surface area contributed by atoms with Crippen LogP contribution in [0.1, 0.15) is 58.3 Å². The maximum absolute atomic E-state index is 12.0. The molecule has 9 nitrogen and oxygen atoms in total. The van der Waals surface area contributed by atoms with Crippen molar-refractivity contribution in [3.8, 4) is 0 Å². The average molecular weight is 411 g/mol. The zero-order valence-electron chi connectivity index (χ0n) is 16.2. The predicted octanol–water partition coefficient (Wildman–Crippen LogP) is 1.79. The first-order valence-corrected chi connectivity index (χ1v) is 10.9. The fourth-order valence-electron chi connectivity index (χ4n) is 2.02. The van der Waals surface area contributed by atoms with E-state index in [1.54, 1.807) is 0 Å². The third-order valence-electron chi connectivity index (χ3n) is 3.39. The summed E-state index contributed by atoms with van der Waals surface area (Å²) in [5.74, 6) is -0.913. The number of esters is 2. The van der Waals surface area contributed by atoms with Crippen molar-refractivity contribution in [2.45, 2.75) is 64.4 Å². The molecule has 0 aromatic rings. The van der Waals surface area contributed by atoms with Gasteiger partial charge in [0.25, 0.3) is 0 Å². The van der Waals surface area contributed by atoms with E-state index in [1.165, 1.54) is 0 Å². The molecule has 0 amide bonds. The molecule has 0 bridgehead atoms. The molecule has 0 spiro atoms. The van der Waals surface area contributed by atoms with Gasteiger partial charge in [0.15, 0.2) is 6.10 Å². The van der Waals surface area contributed by atoms with Crippen LogP contribution in [-0.2, 0) is 32.7 Å². The van der Waals surface area contributed by atoms with Gasteiger partial charge in [0.2, 0.25) is 0 Å². The van der Waals surface area contributed by atoms with Crippen LogP contribution in [0.3, 0.4) is 0 Å². The van der Waals surface area contributed by atoms with Gasteiger partial charge in [-0.1, -0.05) is 26.2 Å². The Morgan fingerprint density at radius 1 is 1.07 bits per heavy atom. The minimum Gasteiger partial charge on any atom is -0.462 e. The van der Waals surface area contributed by atoms with Crippen molar-refractivity contribution in [3.63, 3.8) is 0 Å². The fraction of sp³-hybridized carbons (Fsp3) is 0.824. The Kier molecular flexibility index (Phi) is 15.4. The van der Waals surface area contributed by atoms with Gasteiger partial charge in [-0.05, 0) is 12.8 Å². The van der Waals surface area contributed by atoms with Crippen molar-refractivity contribution < 1.29 is 43.3 Å². The fourth-order valence-corrected chi connectivity index (χ4v) is 2.81. The molecule has 160 valence electrons. The zero-order valence-corrected chi connectivity index (χ0v) is 17.1. The lowest BCUT2D eigenvalue weighted by atomic mass is 10.1. The van der Waals surface area contributed by atoms with Crippen LogP contribution in [0, 0.1) is 6.92 Å². The Bertz CT molecular complexity index is 460. The number of carbonyl (C=O) groups is 2. The first kappa shape index (κ1) is 26.0. The van der Waals surface area contributed by atoms with E-state index in [2.05, 4.69) is 17.2 Å². The lowest BCUT2D eigenvalue weighted by molar-refractivity contribution is -0.371. The molecule has 0 aliphatic carbocycles. The van der Waals surface area contributed by atoms with Crippen LogP contribution in [0.5, 0.6) is 0 Å². The van der Waals surface area contributed by atoms with Crippen molar-refractivity contribution >= 4 is 19.8 Å². The molecule has 1 unspecified atom stereocenters. The number of unbranched alkanes of at least 4 members (excludes halogenated alkanes) is 4. The van der Waals surface area contributed by atoms with Gasteiger partial charge in [-0.25, -0.2) is 4.57 Å². The van der Waals surface area contributed by atoms with Crippen LogP contribution in [0.4, 0.5) is 0 Å².